The Kier molecular flexibility index (Phi) is 7.15. The number of hydrogen-bond acceptors (Lipinski definition) is 4. The highest BCUT2D eigenvalue weighted by atomic mass is 32.2. The van der Waals surface area contributed by atoms with E-state index in [0.717, 1.165) is 6.54 Å². The largest absolute Gasteiger partial charge is 0.329 e. The number of hydrogen-bond donors (Lipinski definition) is 1. The van der Waals surface area contributed by atoms with Gasteiger partial charge in [-0.15, -0.1) is 0 Å². The minimum atomic E-state index is 0.225. The molecule has 1 unspecified atom stereocenters. The Morgan fingerprint density at radius 3 is 2.26 bits per heavy atom. The minimum absolute atomic E-state index is 0.225. The van der Waals surface area contributed by atoms with Crippen LogP contribution in [0.2, 0.25) is 0 Å². The molecular formula is C15H33N3S. The van der Waals surface area contributed by atoms with Gasteiger partial charge in [-0.1, -0.05) is 0 Å². The smallest absolute Gasteiger partial charge is 0.0355 e. The molecule has 0 aromatic heterocycles. The molecule has 4 heteroatoms. The molecule has 0 bridgehead atoms. The first kappa shape index (κ1) is 17.3. The van der Waals surface area contributed by atoms with Crippen molar-refractivity contribution in [3.05, 3.63) is 0 Å². The molecule has 1 fully saturated rings. The second-order valence-corrected chi connectivity index (χ2v) is 7.29. The summed E-state index contributed by atoms with van der Waals surface area (Å²) >= 11 is 1.94. The van der Waals surface area contributed by atoms with Crippen molar-refractivity contribution in [1.29, 1.82) is 0 Å². The number of nitrogens with zero attached hydrogens (tertiary/aromatic N) is 2. The summed E-state index contributed by atoms with van der Waals surface area (Å²) in [7, 11) is 2.28. The second-order valence-electron chi connectivity index (χ2n) is 6.30. The molecule has 1 saturated heterocycles. The van der Waals surface area contributed by atoms with Crippen LogP contribution in [0.4, 0.5) is 0 Å². The van der Waals surface area contributed by atoms with Crippen molar-refractivity contribution in [3.8, 4) is 0 Å². The van der Waals surface area contributed by atoms with Crippen LogP contribution in [0.15, 0.2) is 0 Å². The fourth-order valence-electron chi connectivity index (χ4n) is 3.11. The van der Waals surface area contributed by atoms with E-state index in [4.69, 9.17) is 5.73 Å². The fraction of sp³-hybridized carbons (Fsp3) is 1.00. The Balaban J connectivity index is 2.61. The summed E-state index contributed by atoms with van der Waals surface area (Å²) in [4.78, 5) is 5.15. The van der Waals surface area contributed by atoms with Crippen LogP contribution in [0.25, 0.3) is 0 Å². The van der Waals surface area contributed by atoms with Gasteiger partial charge in [-0.25, -0.2) is 0 Å². The summed E-state index contributed by atoms with van der Waals surface area (Å²) in [5, 5.41) is 0. The molecule has 0 amide bonds. The highest BCUT2D eigenvalue weighted by Gasteiger charge is 2.38. The summed E-state index contributed by atoms with van der Waals surface area (Å²) in [5.74, 6) is 1.24. The molecule has 114 valence electrons. The van der Waals surface area contributed by atoms with Crippen LogP contribution in [0.3, 0.4) is 0 Å². The molecule has 1 aliphatic rings. The molecule has 0 radical (unpaired) electrons. The number of piperidine rings is 1. The zero-order chi connectivity index (χ0) is 14.5. The molecule has 0 aliphatic carbocycles. The lowest BCUT2D eigenvalue weighted by atomic mass is 9.84. The van der Waals surface area contributed by atoms with Gasteiger partial charge < -0.3 is 10.6 Å². The number of rotatable bonds is 7. The van der Waals surface area contributed by atoms with E-state index in [-0.39, 0.29) is 5.54 Å². The number of nitrogens with two attached hydrogens (primary N) is 1. The highest BCUT2D eigenvalue weighted by molar-refractivity contribution is 7.98. The van der Waals surface area contributed by atoms with Crippen molar-refractivity contribution in [1.82, 2.24) is 9.80 Å². The van der Waals surface area contributed by atoms with Gasteiger partial charge in [-0.3, -0.25) is 4.90 Å². The monoisotopic (exact) mass is 287 g/mol. The van der Waals surface area contributed by atoms with Gasteiger partial charge in [-0.2, -0.15) is 11.8 Å². The molecule has 19 heavy (non-hydrogen) atoms. The van der Waals surface area contributed by atoms with Gasteiger partial charge in [0.05, 0.1) is 0 Å². The Bertz CT molecular complexity index is 250. The predicted molar refractivity (Wildman–Crippen MR) is 88.0 cm³/mol. The fourth-order valence-corrected chi connectivity index (χ4v) is 3.68. The van der Waals surface area contributed by atoms with Gasteiger partial charge in [0.25, 0.3) is 0 Å². The van der Waals surface area contributed by atoms with Gasteiger partial charge in [0.1, 0.15) is 0 Å². The molecule has 0 aromatic rings. The van der Waals surface area contributed by atoms with E-state index < -0.39 is 0 Å². The molecule has 0 saturated carbocycles. The molecule has 1 heterocycles. The van der Waals surface area contributed by atoms with E-state index >= 15 is 0 Å². The number of likely N-dealkylation sites (tertiary alicyclic amines) is 1. The average Bonchev–Trinajstić information content (AvgIpc) is 2.43. The molecule has 3 nitrogen and oxygen atoms in total. The standard InChI is InChI=1S/C15H33N3S/c1-13(2)18-9-7-15(12-16,8-10-18)17(4)14(3)6-11-19-5/h13-14H,6-12,16H2,1-5H3. The summed E-state index contributed by atoms with van der Waals surface area (Å²) in [6.07, 6.45) is 5.86. The van der Waals surface area contributed by atoms with E-state index in [2.05, 4.69) is 43.9 Å². The predicted octanol–water partition coefficient (Wildman–Crippen LogP) is 2.26. The van der Waals surface area contributed by atoms with E-state index in [0.29, 0.717) is 12.1 Å². The summed E-state index contributed by atoms with van der Waals surface area (Å²) in [5.41, 5.74) is 6.39. The summed E-state index contributed by atoms with van der Waals surface area (Å²) < 4.78 is 0. The lowest BCUT2D eigenvalue weighted by Gasteiger charge is -2.50. The van der Waals surface area contributed by atoms with Crippen LogP contribution in [0, 0.1) is 0 Å². The van der Waals surface area contributed by atoms with Gasteiger partial charge in [0.15, 0.2) is 0 Å². The SMILES string of the molecule is CSCCC(C)N(C)C1(CN)CCN(C(C)C)CC1. The molecule has 0 spiro atoms. The van der Waals surface area contributed by atoms with Gasteiger partial charge in [-0.05, 0) is 59.1 Å². The van der Waals surface area contributed by atoms with Crippen LogP contribution in [-0.2, 0) is 0 Å². The lowest BCUT2D eigenvalue weighted by molar-refractivity contribution is 0.0122. The Labute approximate surface area is 124 Å². The van der Waals surface area contributed by atoms with Crippen molar-refractivity contribution < 1.29 is 0 Å². The van der Waals surface area contributed by atoms with E-state index in [9.17, 15) is 0 Å². The van der Waals surface area contributed by atoms with Crippen LogP contribution >= 0.6 is 11.8 Å². The Hall–Kier alpha value is 0.230. The van der Waals surface area contributed by atoms with Crippen LogP contribution < -0.4 is 5.73 Å². The zero-order valence-electron chi connectivity index (χ0n) is 13.5. The maximum atomic E-state index is 6.16. The van der Waals surface area contributed by atoms with Gasteiger partial charge in [0.2, 0.25) is 0 Å². The normalized spacial score (nSPS) is 22.1. The number of thioether (sulfide) groups is 1. The maximum absolute atomic E-state index is 6.16. The first-order valence-electron chi connectivity index (χ1n) is 7.63. The molecular weight excluding hydrogens is 254 g/mol. The van der Waals surface area contributed by atoms with Crippen molar-refractivity contribution in [3.63, 3.8) is 0 Å². The van der Waals surface area contributed by atoms with Gasteiger partial charge in [0, 0.05) is 37.3 Å². The van der Waals surface area contributed by atoms with Crippen molar-refractivity contribution in [2.75, 3.05) is 38.7 Å². The van der Waals surface area contributed by atoms with Crippen molar-refractivity contribution >= 4 is 11.8 Å². The molecule has 1 atom stereocenters. The molecule has 2 N–H and O–H groups in total. The van der Waals surface area contributed by atoms with Crippen LogP contribution in [-0.4, -0.2) is 66.1 Å². The Morgan fingerprint density at radius 2 is 1.84 bits per heavy atom. The van der Waals surface area contributed by atoms with E-state index in [1.807, 2.05) is 11.8 Å². The zero-order valence-corrected chi connectivity index (χ0v) is 14.3. The third-order valence-electron chi connectivity index (χ3n) is 4.99. The third kappa shape index (κ3) is 4.35. The highest BCUT2D eigenvalue weighted by Crippen LogP contribution is 2.30. The molecule has 1 rings (SSSR count). The first-order chi connectivity index (χ1) is 8.96. The second kappa shape index (κ2) is 7.87. The van der Waals surface area contributed by atoms with Crippen molar-refractivity contribution in [2.24, 2.45) is 5.73 Å². The van der Waals surface area contributed by atoms with Crippen LogP contribution in [0.5, 0.6) is 0 Å². The summed E-state index contributed by atoms with van der Waals surface area (Å²) in [6.45, 7) is 10.1. The lowest BCUT2D eigenvalue weighted by Crippen LogP contribution is -2.61. The number of likely N-dealkylation sites (N-methyl/N-ethyl adjacent to an activating group) is 1. The topological polar surface area (TPSA) is 32.5 Å². The first-order valence-corrected chi connectivity index (χ1v) is 9.02. The quantitative estimate of drug-likeness (QED) is 0.778. The third-order valence-corrected chi connectivity index (χ3v) is 5.63. The average molecular weight is 288 g/mol. The van der Waals surface area contributed by atoms with E-state index in [1.54, 1.807) is 0 Å². The van der Waals surface area contributed by atoms with Crippen molar-refractivity contribution in [2.45, 2.75) is 57.7 Å². The minimum Gasteiger partial charge on any atom is -0.329 e. The maximum Gasteiger partial charge on any atom is 0.0355 e. The Morgan fingerprint density at radius 1 is 1.26 bits per heavy atom. The molecule has 0 aromatic carbocycles. The van der Waals surface area contributed by atoms with E-state index in [1.165, 1.54) is 38.1 Å². The van der Waals surface area contributed by atoms with Crippen LogP contribution in [0.1, 0.15) is 40.0 Å². The summed E-state index contributed by atoms with van der Waals surface area (Å²) in [6, 6.07) is 1.29. The molecule has 1 aliphatic heterocycles. The van der Waals surface area contributed by atoms with Gasteiger partial charge >= 0.3 is 0 Å².